The Kier molecular flexibility index (Phi) is 6.58. The predicted molar refractivity (Wildman–Crippen MR) is 101 cm³/mol. The van der Waals surface area contributed by atoms with Crippen molar-refractivity contribution in [3.8, 4) is 0 Å². The fourth-order valence-electron chi connectivity index (χ4n) is 2.49. The maximum Gasteiger partial charge on any atom is 0.331 e. The van der Waals surface area contributed by atoms with Crippen LogP contribution in [-0.4, -0.2) is 28.3 Å². The summed E-state index contributed by atoms with van der Waals surface area (Å²) in [4.78, 5) is 23.7. The molecule has 0 aliphatic rings. The number of hydrogen-bond donors (Lipinski definition) is 1. The molecule has 0 unspecified atom stereocenters. The van der Waals surface area contributed by atoms with Crippen LogP contribution in [0.25, 0.3) is 6.08 Å². The number of aryl methyl sites for hydroxylation is 2. The van der Waals surface area contributed by atoms with Gasteiger partial charge in [-0.2, -0.15) is 5.10 Å². The molecule has 0 aliphatic carbocycles. The molecular formula is C19H22ClN3O3. The third-order valence-corrected chi connectivity index (χ3v) is 4.30. The molecule has 1 aromatic heterocycles. The van der Waals surface area contributed by atoms with Crippen molar-refractivity contribution in [3.05, 3.63) is 57.9 Å². The van der Waals surface area contributed by atoms with Crippen LogP contribution in [-0.2, 0) is 21.4 Å². The monoisotopic (exact) mass is 375 g/mol. The first kappa shape index (κ1) is 19.7. The second kappa shape index (κ2) is 8.67. The number of rotatable bonds is 6. The van der Waals surface area contributed by atoms with Gasteiger partial charge < -0.3 is 10.1 Å². The van der Waals surface area contributed by atoms with Crippen molar-refractivity contribution in [1.82, 2.24) is 15.1 Å². The lowest BCUT2D eigenvalue weighted by molar-refractivity contribution is -0.144. The van der Waals surface area contributed by atoms with Gasteiger partial charge in [-0.15, -0.1) is 0 Å². The summed E-state index contributed by atoms with van der Waals surface area (Å²) in [5.74, 6) is -0.954. The van der Waals surface area contributed by atoms with Crippen LogP contribution in [0.15, 0.2) is 30.3 Å². The van der Waals surface area contributed by atoms with Gasteiger partial charge in [0.15, 0.2) is 6.61 Å². The molecule has 0 saturated heterocycles. The van der Waals surface area contributed by atoms with E-state index >= 15 is 0 Å². The first-order valence-electron chi connectivity index (χ1n) is 8.17. The van der Waals surface area contributed by atoms with E-state index in [-0.39, 0.29) is 18.6 Å². The number of benzene rings is 1. The molecule has 0 saturated carbocycles. The number of nitrogens with zero attached hydrogens (tertiary/aromatic N) is 2. The van der Waals surface area contributed by atoms with E-state index in [1.807, 2.05) is 40.0 Å². The number of carbonyl (C=O) groups is 2. The van der Waals surface area contributed by atoms with Gasteiger partial charge in [0, 0.05) is 29.4 Å². The molecule has 0 aliphatic heterocycles. The van der Waals surface area contributed by atoms with Crippen molar-refractivity contribution in [1.29, 1.82) is 0 Å². The Balaban J connectivity index is 1.83. The number of aromatic nitrogens is 2. The minimum atomic E-state index is -0.582. The molecule has 2 rings (SSSR count). The van der Waals surface area contributed by atoms with Crippen LogP contribution in [0.2, 0.25) is 5.02 Å². The van der Waals surface area contributed by atoms with Gasteiger partial charge in [-0.1, -0.05) is 23.7 Å². The molecule has 2 aromatic rings. The zero-order valence-corrected chi connectivity index (χ0v) is 16.0. The van der Waals surface area contributed by atoms with Crippen molar-refractivity contribution >= 4 is 29.6 Å². The smallest absolute Gasteiger partial charge is 0.331 e. The fourth-order valence-corrected chi connectivity index (χ4v) is 2.61. The van der Waals surface area contributed by atoms with Crippen molar-refractivity contribution in [3.63, 3.8) is 0 Å². The Morgan fingerprint density at radius 3 is 2.54 bits per heavy atom. The lowest BCUT2D eigenvalue weighted by atomic mass is 10.1. The van der Waals surface area contributed by atoms with Crippen molar-refractivity contribution in [2.45, 2.75) is 26.8 Å². The minimum absolute atomic E-state index is 0.213. The summed E-state index contributed by atoms with van der Waals surface area (Å²) in [6, 6.07) is 6.97. The maximum atomic E-state index is 11.9. The largest absolute Gasteiger partial charge is 0.452 e. The van der Waals surface area contributed by atoms with E-state index in [2.05, 4.69) is 10.4 Å². The lowest BCUT2D eigenvalue weighted by Crippen LogP contribution is -2.30. The van der Waals surface area contributed by atoms with E-state index < -0.39 is 5.97 Å². The van der Waals surface area contributed by atoms with E-state index in [0.717, 1.165) is 22.5 Å². The molecule has 138 valence electrons. The summed E-state index contributed by atoms with van der Waals surface area (Å²) < 4.78 is 6.72. The van der Waals surface area contributed by atoms with Gasteiger partial charge in [-0.25, -0.2) is 4.79 Å². The van der Waals surface area contributed by atoms with Crippen LogP contribution in [0, 0.1) is 13.8 Å². The Hall–Kier alpha value is -2.60. The predicted octanol–water partition coefficient (Wildman–Crippen LogP) is 3.12. The number of esters is 1. The number of nitrogens with one attached hydrogen (secondary N) is 1. The van der Waals surface area contributed by atoms with Gasteiger partial charge in [0.25, 0.3) is 5.91 Å². The second-order valence-corrected chi connectivity index (χ2v) is 6.43. The number of halogens is 1. The Labute approximate surface area is 157 Å². The first-order chi connectivity index (χ1) is 12.3. The summed E-state index contributed by atoms with van der Waals surface area (Å²) in [7, 11) is 1.84. The summed E-state index contributed by atoms with van der Waals surface area (Å²) in [5.41, 5.74) is 3.55. The highest BCUT2D eigenvalue weighted by atomic mass is 35.5. The van der Waals surface area contributed by atoms with Gasteiger partial charge in [0.2, 0.25) is 0 Å². The second-order valence-electron chi connectivity index (χ2n) is 5.99. The third kappa shape index (κ3) is 5.20. The third-order valence-electron chi connectivity index (χ3n) is 4.04. The Morgan fingerprint density at radius 1 is 1.31 bits per heavy atom. The van der Waals surface area contributed by atoms with Gasteiger partial charge in [-0.3, -0.25) is 9.48 Å². The topological polar surface area (TPSA) is 73.2 Å². The lowest BCUT2D eigenvalue weighted by Gasteiger charge is -2.14. The van der Waals surface area contributed by atoms with E-state index in [4.69, 9.17) is 16.3 Å². The molecule has 1 N–H and O–H groups in total. The van der Waals surface area contributed by atoms with Gasteiger partial charge in [0.05, 0.1) is 11.7 Å². The molecule has 1 heterocycles. The molecule has 0 bridgehead atoms. The van der Waals surface area contributed by atoms with Crippen LogP contribution >= 0.6 is 11.6 Å². The first-order valence-corrected chi connectivity index (χ1v) is 8.55. The highest BCUT2D eigenvalue weighted by Gasteiger charge is 2.11. The van der Waals surface area contributed by atoms with Crippen molar-refractivity contribution in [2.24, 2.45) is 7.05 Å². The van der Waals surface area contributed by atoms with Gasteiger partial charge in [-0.05, 0) is 44.5 Å². The van der Waals surface area contributed by atoms with Crippen LogP contribution in [0.3, 0.4) is 0 Å². The quantitative estimate of drug-likeness (QED) is 0.622. The van der Waals surface area contributed by atoms with Crippen LogP contribution < -0.4 is 5.32 Å². The number of hydrogen-bond acceptors (Lipinski definition) is 4. The molecular weight excluding hydrogens is 354 g/mol. The van der Waals surface area contributed by atoms with Gasteiger partial charge >= 0.3 is 5.97 Å². The summed E-state index contributed by atoms with van der Waals surface area (Å²) >= 11 is 5.84. The summed E-state index contributed by atoms with van der Waals surface area (Å²) in [5, 5.41) is 7.67. The molecule has 6 nitrogen and oxygen atoms in total. The van der Waals surface area contributed by atoms with Gasteiger partial charge in [0.1, 0.15) is 0 Å². The molecule has 0 fully saturated rings. The fraction of sp³-hybridized carbons (Fsp3) is 0.316. The number of amides is 1. The Bertz CT molecular complexity index is 825. The van der Waals surface area contributed by atoms with Crippen molar-refractivity contribution < 1.29 is 14.3 Å². The SMILES string of the molecule is Cc1nn(C)c(C)c1/C=C/C(=O)OCC(=O)N[C@@H](C)c1ccc(Cl)cc1. The summed E-state index contributed by atoms with van der Waals surface area (Å²) in [6.45, 7) is 5.28. The molecule has 0 radical (unpaired) electrons. The van der Waals surface area contributed by atoms with E-state index in [1.165, 1.54) is 6.08 Å². The highest BCUT2D eigenvalue weighted by Crippen LogP contribution is 2.16. The van der Waals surface area contributed by atoms with Crippen LogP contribution in [0.1, 0.15) is 35.5 Å². The average Bonchev–Trinajstić information content (AvgIpc) is 2.84. The number of ether oxygens (including phenoxy) is 1. The highest BCUT2D eigenvalue weighted by molar-refractivity contribution is 6.30. The molecule has 7 heteroatoms. The number of carbonyl (C=O) groups excluding carboxylic acids is 2. The molecule has 1 atom stereocenters. The average molecular weight is 376 g/mol. The van der Waals surface area contributed by atoms with Crippen LogP contribution in [0.4, 0.5) is 0 Å². The zero-order chi connectivity index (χ0) is 19.3. The van der Waals surface area contributed by atoms with E-state index in [0.29, 0.717) is 5.02 Å². The molecule has 1 amide bonds. The van der Waals surface area contributed by atoms with Crippen LogP contribution in [0.5, 0.6) is 0 Å². The minimum Gasteiger partial charge on any atom is -0.452 e. The maximum absolute atomic E-state index is 11.9. The Morgan fingerprint density at radius 2 is 1.96 bits per heavy atom. The van der Waals surface area contributed by atoms with E-state index in [1.54, 1.807) is 22.9 Å². The molecule has 26 heavy (non-hydrogen) atoms. The standard InChI is InChI=1S/C19H22ClN3O3/c1-12(15-5-7-16(20)8-6-15)21-18(24)11-26-19(25)10-9-17-13(2)22-23(4)14(17)3/h5-10,12H,11H2,1-4H3,(H,21,24)/b10-9+/t12-/m0/s1. The van der Waals surface area contributed by atoms with Crippen molar-refractivity contribution in [2.75, 3.05) is 6.61 Å². The molecule has 0 spiro atoms. The zero-order valence-electron chi connectivity index (χ0n) is 15.2. The normalized spacial score (nSPS) is 12.2. The summed E-state index contributed by atoms with van der Waals surface area (Å²) in [6.07, 6.45) is 2.95. The van der Waals surface area contributed by atoms with E-state index in [9.17, 15) is 9.59 Å². The molecule has 1 aromatic carbocycles.